The first kappa shape index (κ1) is 20.0. The van der Waals surface area contributed by atoms with E-state index in [2.05, 4.69) is 15.2 Å². The Kier molecular flexibility index (Phi) is 4.62. The fourth-order valence-electron chi connectivity index (χ4n) is 3.07. The molecule has 0 bridgehead atoms. The number of nitriles is 1. The number of alkyl halides is 2. The van der Waals surface area contributed by atoms with Crippen molar-refractivity contribution in [2.45, 2.75) is 5.92 Å². The van der Waals surface area contributed by atoms with Gasteiger partial charge in [0.1, 0.15) is 17.4 Å². The van der Waals surface area contributed by atoms with Gasteiger partial charge in [-0.3, -0.25) is 20.5 Å². The van der Waals surface area contributed by atoms with Crippen LogP contribution < -0.4 is 5.49 Å². The van der Waals surface area contributed by atoms with Crippen molar-refractivity contribution in [3.8, 4) is 17.3 Å². The smallest absolute Gasteiger partial charge is 0.283 e. The Labute approximate surface area is 172 Å². The lowest BCUT2D eigenvalue weighted by molar-refractivity contribution is 0.0657. The molecular formula is C20H13F3N8. The van der Waals surface area contributed by atoms with E-state index in [1.54, 1.807) is 0 Å². The molecule has 4 aromatic rings. The standard InChI is InChI=1S/C20H13F3N8/c1-30-10-13-16(28-30)3-2-14(18(13)21)20(22,23)19(26)31-17(25)5-4-15(29-31)12-6-11(7-24)8-27-9-12/h2-6,8-10,25-26H,1H3. The number of nitrogens with one attached hydrogen (secondary N) is 2. The summed E-state index contributed by atoms with van der Waals surface area (Å²) in [5.41, 5.74) is -0.639. The summed E-state index contributed by atoms with van der Waals surface area (Å²) in [7, 11) is 1.53. The second-order valence-corrected chi connectivity index (χ2v) is 6.68. The zero-order valence-electron chi connectivity index (χ0n) is 15.9. The van der Waals surface area contributed by atoms with Crippen molar-refractivity contribution in [1.29, 1.82) is 16.1 Å². The van der Waals surface area contributed by atoms with Crippen LogP contribution in [-0.4, -0.2) is 30.4 Å². The normalized spacial score (nSPS) is 11.5. The van der Waals surface area contributed by atoms with Gasteiger partial charge in [0.2, 0.25) is 0 Å². The van der Waals surface area contributed by atoms with E-state index in [4.69, 9.17) is 16.1 Å². The molecule has 0 aliphatic heterocycles. The highest BCUT2D eigenvalue weighted by Crippen LogP contribution is 2.34. The molecule has 3 aromatic heterocycles. The molecule has 0 unspecified atom stereocenters. The third kappa shape index (κ3) is 3.33. The Balaban J connectivity index is 1.81. The Morgan fingerprint density at radius 3 is 2.68 bits per heavy atom. The van der Waals surface area contributed by atoms with Crippen LogP contribution in [0.1, 0.15) is 11.1 Å². The molecule has 0 atom stereocenters. The van der Waals surface area contributed by atoms with Crippen LogP contribution in [0.15, 0.2) is 48.9 Å². The third-order valence-corrected chi connectivity index (χ3v) is 4.58. The molecule has 0 spiro atoms. The third-order valence-electron chi connectivity index (χ3n) is 4.58. The topological polar surface area (TPSA) is 120 Å². The highest BCUT2D eigenvalue weighted by molar-refractivity contribution is 5.90. The number of aromatic nitrogens is 5. The number of halogens is 3. The first-order chi connectivity index (χ1) is 14.7. The van der Waals surface area contributed by atoms with Gasteiger partial charge in [0.25, 0.3) is 0 Å². The van der Waals surface area contributed by atoms with Gasteiger partial charge in [-0.2, -0.15) is 28.9 Å². The summed E-state index contributed by atoms with van der Waals surface area (Å²) in [6.45, 7) is 0. The molecule has 0 saturated carbocycles. The molecule has 4 rings (SSSR count). The van der Waals surface area contributed by atoms with E-state index in [9.17, 15) is 4.39 Å². The Bertz CT molecular complexity index is 1450. The van der Waals surface area contributed by atoms with Crippen molar-refractivity contribution in [3.63, 3.8) is 0 Å². The second-order valence-electron chi connectivity index (χ2n) is 6.68. The molecule has 1 aromatic carbocycles. The number of nitrogens with zero attached hydrogens (tertiary/aromatic N) is 6. The first-order valence-corrected chi connectivity index (χ1v) is 8.82. The molecule has 8 nitrogen and oxygen atoms in total. The highest BCUT2D eigenvalue weighted by atomic mass is 19.3. The van der Waals surface area contributed by atoms with Crippen molar-refractivity contribution in [1.82, 2.24) is 24.5 Å². The summed E-state index contributed by atoms with van der Waals surface area (Å²) in [6.07, 6.45) is 3.96. The van der Waals surface area contributed by atoms with Crippen LogP contribution in [0.3, 0.4) is 0 Å². The zero-order valence-corrected chi connectivity index (χ0v) is 15.9. The fourth-order valence-corrected chi connectivity index (χ4v) is 3.07. The van der Waals surface area contributed by atoms with E-state index < -0.39 is 28.6 Å². The summed E-state index contributed by atoms with van der Waals surface area (Å²) in [4.78, 5) is 3.89. The van der Waals surface area contributed by atoms with Crippen molar-refractivity contribution in [3.05, 3.63) is 71.4 Å². The van der Waals surface area contributed by atoms with E-state index >= 15 is 8.78 Å². The number of hydrogen-bond donors (Lipinski definition) is 2. The largest absolute Gasteiger partial charge is 0.334 e. The van der Waals surface area contributed by atoms with Gasteiger partial charge in [-0.15, -0.1) is 0 Å². The maximum absolute atomic E-state index is 15.2. The number of benzene rings is 1. The van der Waals surface area contributed by atoms with E-state index in [1.807, 2.05) is 6.07 Å². The second kappa shape index (κ2) is 7.17. The molecule has 31 heavy (non-hydrogen) atoms. The van der Waals surface area contributed by atoms with E-state index in [0.29, 0.717) is 10.2 Å². The molecule has 0 saturated heterocycles. The number of fused-ring (bicyclic) bond motifs is 1. The lowest BCUT2D eigenvalue weighted by Gasteiger charge is -2.20. The minimum atomic E-state index is -4.09. The van der Waals surface area contributed by atoms with Gasteiger partial charge in [-0.25, -0.2) is 4.39 Å². The average Bonchev–Trinajstić information content (AvgIpc) is 3.15. The SMILES string of the molecule is Cn1cc2c(F)c(C(F)(F)C(=N)n3nc(-c4cncc(C#N)c4)ccc3=N)ccc2n1. The molecule has 0 amide bonds. The molecule has 0 aliphatic carbocycles. The number of hydrogen-bond acceptors (Lipinski definition) is 6. The number of rotatable bonds is 3. The van der Waals surface area contributed by atoms with Gasteiger partial charge >= 0.3 is 5.92 Å². The molecule has 2 N–H and O–H groups in total. The average molecular weight is 422 g/mol. The van der Waals surface area contributed by atoms with E-state index in [-0.39, 0.29) is 22.2 Å². The molecule has 0 aliphatic rings. The van der Waals surface area contributed by atoms with Crippen molar-refractivity contribution < 1.29 is 13.2 Å². The number of aryl methyl sites for hydroxylation is 1. The molecule has 11 heteroatoms. The lowest BCUT2D eigenvalue weighted by atomic mass is 10.0. The summed E-state index contributed by atoms with van der Waals surface area (Å²) in [6, 6.07) is 8.02. The van der Waals surface area contributed by atoms with Crippen LogP contribution in [-0.2, 0) is 13.0 Å². The Hall–Kier alpha value is -4.33. The van der Waals surface area contributed by atoms with Crippen LogP contribution in [0.2, 0.25) is 0 Å². The predicted octanol–water partition coefficient (Wildman–Crippen LogP) is 2.94. The van der Waals surface area contributed by atoms with E-state index in [1.165, 1.54) is 54.6 Å². The molecule has 3 heterocycles. The van der Waals surface area contributed by atoms with Gasteiger partial charge in [0, 0.05) is 31.2 Å². The minimum Gasteiger partial charge on any atom is -0.283 e. The Morgan fingerprint density at radius 1 is 1.16 bits per heavy atom. The van der Waals surface area contributed by atoms with Crippen LogP contribution >= 0.6 is 0 Å². The van der Waals surface area contributed by atoms with Gasteiger partial charge < -0.3 is 0 Å². The molecule has 0 radical (unpaired) electrons. The first-order valence-electron chi connectivity index (χ1n) is 8.82. The van der Waals surface area contributed by atoms with Crippen LogP contribution in [0, 0.1) is 28.0 Å². The van der Waals surface area contributed by atoms with Gasteiger partial charge in [-0.1, -0.05) is 0 Å². The summed E-state index contributed by atoms with van der Waals surface area (Å²) < 4.78 is 46.9. The molecule has 0 fully saturated rings. The zero-order chi connectivity index (χ0) is 22.3. The summed E-state index contributed by atoms with van der Waals surface area (Å²) >= 11 is 0. The van der Waals surface area contributed by atoms with Crippen LogP contribution in [0.4, 0.5) is 13.2 Å². The quantitative estimate of drug-likeness (QED) is 0.390. The van der Waals surface area contributed by atoms with Gasteiger partial charge in [0.05, 0.1) is 27.7 Å². The van der Waals surface area contributed by atoms with Crippen molar-refractivity contribution in [2.75, 3.05) is 0 Å². The maximum Gasteiger partial charge on any atom is 0.334 e. The van der Waals surface area contributed by atoms with E-state index in [0.717, 1.165) is 6.07 Å². The summed E-state index contributed by atoms with van der Waals surface area (Å²) in [5.74, 6) is -6.69. The molecular weight excluding hydrogens is 409 g/mol. The number of pyridine rings is 1. The predicted molar refractivity (Wildman–Crippen MR) is 104 cm³/mol. The molecule has 154 valence electrons. The van der Waals surface area contributed by atoms with Crippen LogP contribution in [0.25, 0.3) is 22.2 Å². The lowest BCUT2D eigenvalue weighted by Crippen LogP contribution is -2.40. The van der Waals surface area contributed by atoms with Gasteiger partial charge in [0.15, 0.2) is 5.84 Å². The Morgan fingerprint density at radius 2 is 1.94 bits per heavy atom. The van der Waals surface area contributed by atoms with Gasteiger partial charge in [-0.05, 0) is 30.3 Å². The minimum absolute atomic E-state index is 0.107. The summed E-state index contributed by atoms with van der Waals surface area (Å²) in [5, 5.41) is 32.8. The van der Waals surface area contributed by atoms with Crippen LogP contribution in [0.5, 0.6) is 0 Å². The van der Waals surface area contributed by atoms with Crippen molar-refractivity contribution in [2.24, 2.45) is 7.05 Å². The monoisotopic (exact) mass is 422 g/mol. The highest BCUT2D eigenvalue weighted by Gasteiger charge is 2.42. The maximum atomic E-state index is 15.2. The van der Waals surface area contributed by atoms with Crippen molar-refractivity contribution >= 4 is 16.7 Å². The fraction of sp³-hybridized carbons (Fsp3) is 0.100.